The van der Waals surface area contributed by atoms with Gasteiger partial charge in [0.2, 0.25) is 0 Å². The van der Waals surface area contributed by atoms with E-state index in [9.17, 15) is 9.90 Å². The first-order valence-electron chi connectivity index (χ1n) is 5.40. The van der Waals surface area contributed by atoms with Crippen LogP contribution in [0.15, 0.2) is 18.2 Å². The summed E-state index contributed by atoms with van der Waals surface area (Å²) < 4.78 is 0. The molecule has 0 fully saturated rings. The molecule has 0 spiro atoms. The van der Waals surface area contributed by atoms with Gasteiger partial charge >= 0.3 is 0 Å². The quantitative estimate of drug-likeness (QED) is 0.682. The molecule has 0 aliphatic carbocycles. The molecule has 0 aromatic heterocycles. The number of carbonyl (C=O) groups is 1. The summed E-state index contributed by atoms with van der Waals surface area (Å²) in [5.74, 6) is -0.485. The van der Waals surface area contributed by atoms with Crippen molar-refractivity contribution in [2.24, 2.45) is 0 Å². The number of hydrogen-bond acceptors (Lipinski definition) is 4. The molecule has 0 saturated heterocycles. The second-order valence-electron chi connectivity index (χ2n) is 3.76. The van der Waals surface area contributed by atoms with Gasteiger partial charge in [-0.3, -0.25) is 4.79 Å². The molecule has 0 unspecified atom stereocenters. The molecular formula is C12H17NO4. The van der Waals surface area contributed by atoms with Crippen molar-refractivity contribution < 1.29 is 20.1 Å². The molecule has 0 aliphatic rings. The molecule has 5 nitrogen and oxygen atoms in total. The van der Waals surface area contributed by atoms with Gasteiger partial charge in [0.05, 0.1) is 18.8 Å². The first-order chi connectivity index (χ1) is 8.10. The molecule has 1 aromatic carbocycles. The van der Waals surface area contributed by atoms with E-state index < -0.39 is 5.91 Å². The summed E-state index contributed by atoms with van der Waals surface area (Å²) in [5, 5.41) is 27.3. The predicted molar refractivity (Wildman–Crippen MR) is 62.9 cm³/mol. The fraction of sp³-hybridized carbons (Fsp3) is 0.417. The lowest BCUT2D eigenvalue weighted by atomic mass is 10.1. The third kappa shape index (κ3) is 3.44. The van der Waals surface area contributed by atoms with Gasteiger partial charge in [0.15, 0.2) is 0 Å². The normalized spacial score (nSPS) is 10.3. The SMILES string of the molecule is Cc1ccc(C(=O)N(CCO)CCO)c(O)c1. The molecule has 1 amide bonds. The second kappa shape index (κ2) is 6.22. The Morgan fingerprint density at radius 1 is 1.24 bits per heavy atom. The number of aliphatic hydroxyl groups excluding tert-OH is 2. The third-order valence-electron chi connectivity index (χ3n) is 2.41. The van der Waals surface area contributed by atoms with Crippen molar-refractivity contribution in [1.82, 2.24) is 4.90 Å². The van der Waals surface area contributed by atoms with Crippen molar-refractivity contribution in [1.29, 1.82) is 0 Å². The van der Waals surface area contributed by atoms with Crippen LogP contribution in [-0.4, -0.2) is 52.4 Å². The van der Waals surface area contributed by atoms with Crippen LogP contribution in [-0.2, 0) is 0 Å². The highest BCUT2D eigenvalue weighted by molar-refractivity contribution is 5.96. The maximum atomic E-state index is 12.0. The predicted octanol–water partition coefficient (Wildman–Crippen LogP) is 0.127. The molecule has 1 aromatic rings. The van der Waals surface area contributed by atoms with Gasteiger partial charge in [-0.25, -0.2) is 0 Å². The lowest BCUT2D eigenvalue weighted by molar-refractivity contribution is 0.0682. The van der Waals surface area contributed by atoms with Crippen molar-refractivity contribution in [2.75, 3.05) is 26.3 Å². The molecule has 0 heterocycles. The second-order valence-corrected chi connectivity index (χ2v) is 3.76. The van der Waals surface area contributed by atoms with Crippen molar-refractivity contribution in [3.63, 3.8) is 0 Å². The van der Waals surface area contributed by atoms with Crippen molar-refractivity contribution in [3.8, 4) is 5.75 Å². The standard InChI is InChI=1S/C12H17NO4/c1-9-2-3-10(11(16)8-9)12(17)13(4-6-14)5-7-15/h2-3,8,14-16H,4-7H2,1H3. The third-order valence-corrected chi connectivity index (χ3v) is 2.41. The summed E-state index contributed by atoms with van der Waals surface area (Å²) in [6, 6.07) is 4.76. The van der Waals surface area contributed by atoms with E-state index in [1.165, 1.54) is 17.0 Å². The minimum absolute atomic E-state index is 0.0871. The Morgan fingerprint density at radius 3 is 2.29 bits per heavy atom. The highest BCUT2D eigenvalue weighted by Crippen LogP contribution is 2.20. The topological polar surface area (TPSA) is 81.0 Å². The number of amides is 1. The maximum absolute atomic E-state index is 12.0. The molecule has 5 heteroatoms. The van der Waals surface area contributed by atoms with Crippen LogP contribution in [0.3, 0.4) is 0 Å². The van der Waals surface area contributed by atoms with Crippen LogP contribution in [0, 0.1) is 6.92 Å². The van der Waals surface area contributed by atoms with Gasteiger partial charge in [-0.2, -0.15) is 0 Å². The number of aromatic hydroxyl groups is 1. The van der Waals surface area contributed by atoms with Crippen LogP contribution < -0.4 is 0 Å². The number of phenolic OH excluding ortho intramolecular Hbond substituents is 1. The number of hydrogen-bond donors (Lipinski definition) is 3. The van der Waals surface area contributed by atoms with Gasteiger partial charge in [-0.15, -0.1) is 0 Å². The lowest BCUT2D eigenvalue weighted by Gasteiger charge is -2.21. The molecule has 1 rings (SSSR count). The summed E-state index contributed by atoms with van der Waals surface area (Å²) in [6.45, 7) is 1.71. The minimum atomic E-state index is -0.398. The van der Waals surface area contributed by atoms with Crippen molar-refractivity contribution in [3.05, 3.63) is 29.3 Å². The highest BCUT2D eigenvalue weighted by atomic mass is 16.3. The number of carbonyl (C=O) groups excluding carboxylic acids is 1. The van der Waals surface area contributed by atoms with Crippen LogP contribution in [0.1, 0.15) is 15.9 Å². The Kier molecular flexibility index (Phi) is 4.93. The molecule has 17 heavy (non-hydrogen) atoms. The van der Waals surface area contributed by atoms with Gasteiger partial charge < -0.3 is 20.2 Å². The first-order valence-corrected chi connectivity index (χ1v) is 5.40. The zero-order chi connectivity index (χ0) is 12.8. The highest BCUT2D eigenvalue weighted by Gasteiger charge is 2.17. The van der Waals surface area contributed by atoms with Crippen LogP contribution in [0.5, 0.6) is 5.75 Å². The van der Waals surface area contributed by atoms with Crippen molar-refractivity contribution in [2.45, 2.75) is 6.92 Å². The lowest BCUT2D eigenvalue weighted by Crippen LogP contribution is -2.35. The Hall–Kier alpha value is -1.59. The number of aliphatic hydroxyl groups is 2. The first kappa shape index (κ1) is 13.5. The Balaban J connectivity index is 2.92. The molecule has 0 bridgehead atoms. The molecule has 0 aliphatic heterocycles. The Bertz CT molecular complexity index is 386. The van der Waals surface area contributed by atoms with E-state index in [-0.39, 0.29) is 37.6 Å². The Morgan fingerprint density at radius 2 is 1.82 bits per heavy atom. The summed E-state index contributed by atoms with van der Waals surface area (Å²) in [7, 11) is 0. The fourth-order valence-corrected chi connectivity index (χ4v) is 1.55. The number of phenols is 1. The smallest absolute Gasteiger partial charge is 0.257 e. The van der Waals surface area contributed by atoms with E-state index in [1.54, 1.807) is 6.07 Å². The van der Waals surface area contributed by atoms with Gasteiger partial charge in [0, 0.05) is 13.1 Å². The minimum Gasteiger partial charge on any atom is -0.507 e. The van der Waals surface area contributed by atoms with E-state index in [0.29, 0.717) is 0 Å². The van der Waals surface area contributed by atoms with Gasteiger partial charge in [0.25, 0.3) is 5.91 Å². The molecular weight excluding hydrogens is 222 g/mol. The summed E-state index contributed by atoms with van der Waals surface area (Å²) >= 11 is 0. The van der Waals surface area contributed by atoms with E-state index in [2.05, 4.69) is 0 Å². The number of aryl methyl sites for hydroxylation is 1. The van der Waals surface area contributed by atoms with Crippen LogP contribution in [0.2, 0.25) is 0 Å². The zero-order valence-electron chi connectivity index (χ0n) is 9.76. The molecule has 0 atom stereocenters. The maximum Gasteiger partial charge on any atom is 0.257 e. The molecule has 0 radical (unpaired) electrons. The molecule has 3 N–H and O–H groups in total. The van der Waals surface area contributed by atoms with E-state index in [0.717, 1.165) is 5.56 Å². The largest absolute Gasteiger partial charge is 0.507 e. The average Bonchev–Trinajstić information content (AvgIpc) is 2.28. The zero-order valence-corrected chi connectivity index (χ0v) is 9.76. The van der Waals surface area contributed by atoms with Gasteiger partial charge in [-0.05, 0) is 24.6 Å². The van der Waals surface area contributed by atoms with Crippen LogP contribution >= 0.6 is 0 Å². The number of nitrogens with zero attached hydrogens (tertiary/aromatic N) is 1. The number of benzene rings is 1. The summed E-state index contributed by atoms with van der Waals surface area (Å²) in [6.07, 6.45) is 0. The Labute approximate surface area is 99.9 Å². The van der Waals surface area contributed by atoms with E-state index >= 15 is 0 Å². The molecule has 94 valence electrons. The van der Waals surface area contributed by atoms with Crippen molar-refractivity contribution >= 4 is 5.91 Å². The monoisotopic (exact) mass is 239 g/mol. The summed E-state index contributed by atoms with van der Waals surface area (Å²) in [5.41, 5.74) is 1.03. The van der Waals surface area contributed by atoms with Crippen LogP contribution in [0.25, 0.3) is 0 Å². The van der Waals surface area contributed by atoms with Gasteiger partial charge in [0.1, 0.15) is 5.75 Å². The van der Waals surface area contributed by atoms with Crippen LogP contribution in [0.4, 0.5) is 0 Å². The van der Waals surface area contributed by atoms with Gasteiger partial charge in [-0.1, -0.05) is 6.07 Å². The summed E-state index contributed by atoms with van der Waals surface area (Å²) in [4.78, 5) is 13.3. The van der Waals surface area contributed by atoms with E-state index in [4.69, 9.17) is 10.2 Å². The average molecular weight is 239 g/mol. The number of rotatable bonds is 5. The fourth-order valence-electron chi connectivity index (χ4n) is 1.55. The molecule has 0 saturated carbocycles. The van der Waals surface area contributed by atoms with E-state index in [1.807, 2.05) is 6.92 Å².